The van der Waals surface area contributed by atoms with Crippen LogP contribution in [0.2, 0.25) is 0 Å². The van der Waals surface area contributed by atoms with Gasteiger partial charge in [0.2, 0.25) is 0 Å². The van der Waals surface area contributed by atoms with Crippen LogP contribution in [0.4, 0.5) is 0 Å². The summed E-state index contributed by atoms with van der Waals surface area (Å²) in [6.45, 7) is 24.7. The second kappa shape index (κ2) is 19.1. The van der Waals surface area contributed by atoms with Crippen molar-refractivity contribution in [2.75, 3.05) is 0 Å². The van der Waals surface area contributed by atoms with Gasteiger partial charge < -0.3 is 15.0 Å². The summed E-state index contributed by atoms with van der Waals surface area (Å²) in [7, 11) is 0. The highest BCUT2D eigenvalue weighted by Crippen LogP contribution is 2.16. The van der Waals surface area contributed by atoms with Crippen molar-refractivity contribution in [3.05, 3.63) is 72.6 Å². The maximum absolute atomic E-state index is 4.46. The Labute approximate surface area is 251 Å². The highest BCUT2D eigenvalue weighted by Gasteiger charge is 2.07. The van der Waals surface area contributed by atoms with Gasteiger partial charge in [0.05, 0.1) is 22.7 Å². The Kier molecular flexibility index (Phi) is 16.3. The number of para-hydroxylation sites is 2. The molecule has 0 aliphatic carbocycles. The summed E-state index contributed by atoms with van der Waals surface area (Å²) in [5.74, 6) is 4.33. The van der Waals surface area contributed by atoms with Gasteiger partial charge in [0.15, 0.2) is 11.3 Å². The molecule has 6 aromatic rings. The van der Waals surface area contributed by atoms with Crippen molar-refractivity contribution in [2.24, 2.45) is 0 Å². The predicted molar refractivity (Wildman–Crippen MR) is 178 cm³/mol. The molecule has 1 aromatic carbocycles. The van der Waals surface area contributed by atoms with Gasteiger partial charge >= 0.3 is 0 Å². The Hall–Kier alpha value is -4.14. The Morgan fingerprint density at radius 2 is 1.00 bits per heavy atom. The zero-order chi connectivity index (χ0) is 31.7. The molecular formula is C33H51N9. The molecule has 0 unspecified atom stereocenters. The fourth-order valence-electron chi connectivity index (χ4n) is 3.44. The number of hydrogen-bond donors (Lipinski definition) is 3. The van der Waals surface area contributed by atoms with Gasteiger partial charge in [0, 0.05) is 24.0 Å². The lowest BCUT2D eigenvalue weighted by molar-refractivity contribution is 0.798. The van der Waals surface area contributed by atoms with Crippen molar-refractivity contribution < 1.29 is 0 Å². The minimum absolute atomic E-state index is 0.402. The number of aromatic nitrogens is 9. The summed E-state index contributed by atoms with van der Waals surface area (Å²) in [6, 6.07) is 12.0. The number of aromatic amines is 3. The molecule has 0 bridgehead atoms. The Balaban J connectivity index is 0.000000289. The molecule has 3 N–H and O–H groups in total. The van der Waals surface area contributed by atoms with Crippen LogP contribution in [-0.2, 0) is 0 Å². The first-order valence-corrected chi connectivity index (χ1v) is 15.2. The van der Waals surface area contributed by atoms with Crippen LogP contribution in [0.1, 0.15) is 118 Å². The fourth-order valence-corrected chi connectivity index (χ4v) is 3.44. The molecule has 0 aliphatic rings. The second-order valence-corrected chi connectivity index (χ2v) is 9.48. The predicted octanol–water partition coefficient (Wildman–Crippen LogP) is 9.32. The molecule has 0 fully saturated rings. The molecule has 0 atom stereocenters. The highest BCUT2D eigenvalue weighted by atomic mass is 15.0. The summed E-state index contributed by atoms with van der Waals surface area (Å²) in [6.07, 6.45) is 5.00. The Bertz CT molecular complexity index is 1260. The molecule has 0 spiro atoms. The van der Waals surface area contributed by atoms with Crippen molar-refractivity contribution in [3.8, 4) is 0 Å². The average molecular weight is 574 g/mol. The number of benzene rings is 1. The number of hydrogen-bond acceptors (Lipinski definition) is 6. The van der Waals surface area contributed by atoms with Crippen LogP contribution in [0.3, 0.4) is 0 Å². The van der Waals surface area contributed by atoms with E-state index in [1.165, 1.54) is 6.33 Å². The van der Waals surface area contributed by atoms with E-state index in [1.54, 1.807) is 12.4 Å². The Morgan fingerprint density at radius 1 is 0.524 bits per heavy atom. The largest absolute Gasteiger partial charge is 0.342 e. The minimum Gasteiger partial charge on any atom is -0.342 e. The van der Waals surface area contributed by atoms with Crippen LogP contribution in [0.15, 0.2) is 55.1 Å². The molecule has 5 heterocycles. The van der Waals surface area contributed by atoms with E-state index in [-0.39, 0.29) is 0 Å². The lowest BCUT2D eigenvalue weighted by Gasteiger charge is -1.95. The van der Waals surface area contributed by atoms with E-state index >= 15 is 0 Å². The lowest BCUT2D eigenvalue weighted by Crippen LogP contribution is -1.88. The molecule has 6 rings (SSSR count). The molecule has 42 heavy (non-hydrogen) atoms. The number of pyridine rings is 1. The molecule has 9 nitrogen and oxygen atoms in total. The van der Waals surface area contributed by atoms with Gasteiger partial charge in [-0.1, -0.05) is 95.2 Å². The number of rotatable bonds is 3. The molecule has 0 radical (unpaired) electrons. The third-order valence-electron chi connectivity index (χ3n) is 5.50. The van der Waals surface area contributed by atoms with Crippen LogP contribution in [0.5, 0.6) is 0 Å². The number of H-pyrrole nitrogens is 3. The van der Waals surface area contributed by atoms with Crippen molar-refractivity contribution in [1.82, 2.24) is 44.9 Å². The quantitative estimate of drug-likeness (QED) is 0.194. The Morgan fingerprint density at radius 3 is 1.52 bits per heavy atom. The summed E-state index contributed by atoms with van der Waals surface area (Å²) in [4.78, 5) is 34.8. The van der Waals surface area contributed by atoms with Crippen LogP contribution < -0.4 is 0 Å². The molecule has 9 heteroatoms. The van der Waals surface area contributed by atoms with Crippen LogP contribution in [0.25, 0.3) is 33.4 Å². The molecule has 0 saturated carbocycles. The van der Waals surface area contributed by atoms with Crippen molar-refractivity contribution in [3.63, 3.8) is 0 Å². The molecular weight excluding hydrogens is 522 g/mol. The summed E-state index contributed by atoms with van der Waals surface area (Å²) >= 11 is 0. The maximum Gasteiger partial charge on any atom is 0.180 e. The van der Waals surface area contributed by atoms with Crippen LogP contribution in [0, 0.1) is 0 Å². The van der Waals surface area contributed by atoms with Gasteiger partial charge in [-0.2, -0.15) is 0 Å². The van der Waals surface area contributed by atoms with Gasteiger partial charge in [-0.15, -0.1) is 0 Å². The monoisotopic (exact) mass is 573 g/mol. The minimum atomic E-state index is 0.402. The third-order valence-corrected chi connectivity index (χ3v) is 5.50. The number of nitrogens with zero attached hydrogens (tertiary/aromatic N) is 6. The fraction of sp³-hybridized carbons (Fsp3) is 0.455. The summed E-state index contributed by atoms with van der Waals surface area (Å²) < 4.78 is 0. The van der Waals surface area contributed by atoms with Gasteiger partial charge in [-0.25, -0.2) is 29.9 Å². The van der Waals surface area contributed by atoms with E-state index in [0.717, 1.165) is 50.8 Å². The van der Waals surface area contributed by atoms with Crippen molar-refractivity contribution in [1.29, 1.82) is 0 Å². The molecule has 0 amide bonds. The van der Waals surface area contributed by atoms with Crippen molar-refractivity contribution in [2.45, 2.75) is 101 Å². The van der Waals surface area contributed by atoms with Gasteiger partial charge in [-0.05, 0) is 24.3 Å². The molecule has 0 saturated heterocycles. The maximum atomic E-state index is 4.46. The van der Waals surface area contributed by atoms with Crippen LogP contribution in [-0.4, -0.2) is 44.9 Å². The molecule has 228 valence electrons. The van der Waals surface area contributed by atoms with Gasteiger partial charge in [-0.3, -0.25) is 0 Å². The number of imidazole rings is 3. The standard InChI is InChI=1S/C10H12N2.C9H11N3.C8H10N4.3C2H6/c1-7(2)10-11-8-5-3-4-6-9(8)12-10;1-6(2)8-11-7-4-3-5-10-9(7)12-8;1-5(2)7-11-6-3-9-4-10-8(6)12-7;3*1-2/h3-7H,1-2H3,(H,11,12);3-6H,1-2H3,(H,10,11,12);3-5H,1-2H3,(H,9,10,11,12);3*1-2H3. The van der Waals surface area contributed by atoms with Gasteiger partial charge in [0.1, 0.15) is 29.3 Å². The number of nitrogens with one attached hydrogen (secondary N) is 3. The normalized spacial score (nSPS) is 10.1. The molecule has 0 aliphatic heterocycles. The van der Waals surface area contributed by atoms with E-state index in [2.05, 4.69) is 86.4 Å². The SMILES string of the molecule is CC.CC.CC.CC(C)c1nc2ccccc2[nH]1.CC(C)c1nc2ncccc2[nH]1.CC(C)c1nc2ncncc2[nH]1. The first-order valence-electron chi connectivity index (χ1n) is 15.2. The average Bonchev–Trinajstić information content (AvgIpc) is 3.77. The van der Waals surface area contributed by atoms with Crippen molar-refractivity contribution >= 4 is 33.4 Å². The van der Waals surface area contributed by atoms with Gasteiger partial charge in [0.25, 0.3) is 0 Å². The topological polar surface area (TPSA) is 125 Å². The van der Waals surface area contributed by atoms with E-state index in [9.17, 15) is 0 Å². The smallest absolute Gasteiger partial charge is 0.180 e. The summed E-state index contributed by atoms with van der Waals surface area (Å²) in [5, 5.41) is 0. The van der Waals surface area contributed by atoms with E-state index in [4.69, 9.17) is 0 Å². The van der Waals surface area contributed by atoms with E-state index < -0.39 is 0 Å². The highest BCUT2D eigenvalue weighted by molar-refractivity contribution is 5.74. The third kappa shape index (κ3) is 10.4. The second-order valence-electron chi connectivity index (χ2n) is 9.48. The van der Waals surface area contributed by atoms with E-state index in [1.807, 2.05) is 77.9 Å². The van der Waals surface area contributed by atoms with E-state index in [0.29, 0.717) is 17.8 Å². The lowest BCUT2D eigenvalue weighted by atomic mass is 10.2. The zero-order valence-corrected chi connectivity index (χ0v) is 27.6. The zero-order valence-electron chi connectivity index (χ0n) is 27.6. The summed E-state index contributed by atoms with van der Waals surface area (Å²) in [5.41, 5.74) is 5.65. The first kappa shape index (κ1) is 35.9. The first-order chi connectivity index (χ1) is 20.3. The molecule has 5 aromatic heterocycles. The number of fused-ring (bicyclic) bond motifs is 3. The van der Waals surface area contributed by atoms with Crippen LogP contribution >= 0.6 is 0 Å².